The number of nitrogens with one attached hydrogen (secondary N) is 1. The van der Waals surface area contributed by atoms with Crippen molar-refractivity contribution in [1.29, 1.82) is 0 Å². The van der Waals surface area contributed by atoms with Crippen LogP contribution in [-0.4, -0.2) is 43.1 Å². The number of rotatable bonds is 10. The van der Waals surface area contributed by atoms with Crippen LogP contribution in [0.15, 0.2) is 66.3 Å². The molecule has 0 saturated carbocycles. The zero-order valence-corrected chi connectivity index (χ0v) is 18.9. The molecule has 9 heteroatoms. The third-order valence-corrected chi connectivity index (χ3v) is 5.15. The van der Waals surface area contributed by atoms with E-state index in [0.717, 1.165) is 22.3 Å². The van der Waals surface area contributed by atoms with Gasteiger partial charge in [0.25, 0.3) is 0 Å². The van der Waals surface area contributed by atoms with Crippen molar-refractivity contribution in [3.05, 3.63) is 72.3 Å². The number of amides is 1. The van der Waals surface area contributed by atoms with Gasteiger partial charge in [-0.1, -0.05) is 66.3 Å². The predicted octanol–water partition coefficient (Wildman–Crippen LogP) is 3.24. The number of esters is 1. The summed E-state index contributed by atoms with van der Waals surface area (Å²) in [5.41, 5.74) is 9.70. The summed E-state index contributed by atoms with van der Waals surface area (Å²) in [5.74, 6) is -1.46. The number of benzene rings is 2. The van der Waals surface area contributed by atoms with Crippen molar-refractivity contribution in [3.63, 3.8) is 0 Å². The molecule has 0 unspecified atom stereocenters. The quantitative estimate of drug-likeness (QED) is 0.138. The van der Waals surface area contributed by atoms with Crippen molar-refractivity contribution in [2.75, 3.05) is 13.2 Å². The van der Waals surface area contributed by atoms with Gasteiger partial charge in [0.15, 0.2) is 0 Å². The molecule has 9 nitrogen and oxygen atoms in total. The normalized spacial score (nSPS) is 13.3. The first-order chi connectivity index (χ1) is 16.4. The van der Waals surface area contributed by atoms with E-state index < -0.39 is 24.1 Å². The molecule has 0 saturated heterocycles. The fourth-order valence-corrected chi connectivity index (χ4v) is 3.75. The molecule has 1 atom stereocenters. The summed E-state index contributed by atoms with van der Waals surface area (Å²) in [6.07, 6.45) is 0.0521. The number of ether oxygens (including phenoxy) is 2. The van der Waals surface area contributed by atoms with E-state index in [1.54, 1.807) is 0 Å². The molecule has 0 aromatic heterocycles. The van der Waals surface area contributed by atoms with Gasteiger partial charge in [0.05, 0.1) is 18.9 Å². The van der Waals surface area contributed by atoms with Crippen LogP contribution in [0.5, 0.6) is 0 Å². The van der Waals surface area contributed by atoms with Gasteiger partial charge in [-0.05, 0) is 29.2 Å². The number of hydrogen-bond donors (Lipinski definition) is 2. The van der Waals surface area contributed by atoms with E-state index >= 15 is 0 Å². The second kappa shape index (κ2) is 11.6. The number of fused-ring (bicyclic) bond motifs is 3. The summed E-state index contributed by atoms with van der Waals surface area (Å²) in [4.78, 5) is 41.3. The summed E-state index contributed by atoms with van der Waals surface area (Å²) >= 11 is 0. The van der Waals surface area contributed by atoms with E-state index in [2.05, 4.69) is 21.9 Å². The highest BCUT2D eigenvalue weighted by molar-refractivity contribution is 5.80. The van der Waals surface area contributed by atoms with Gasteiger partial charge in [0, 0.05) is 5.92 Å². The Morgan fingerprint density at radius 1 is 1.03 bits per heavy atom. The van der Waals surface area contributed by atoms with Crippen molar-refractivity contribution < 1.29 is 28.7 Å². The molecule has 0 spiro atoms. The number of hydrogen-bond acceptors (Lipinski definition) is 7. The number of amidine groups is 1. The minimum atomic E-state index is -0.922. The van der Waals surface area contributed by atoms with Crippen LogP contribution >= 0.6 is 0 Å². The molecule has 0 fully saturated rings. The topological polar surface area (TPSA) is 129 Å². The van der Waals surface area contributed by atoms with Crippen LogP contribution < -0.4 is 11.1 Å². The molecular weight excluding hydrogens is 438 g/mol. The lowest BCUT2D eigenvalue weighted by molar-refractivity contribution is -0.145. The third kappa shape index (κ3) is 6.44. The highest BCUT2D eigenvalue weighted by Crippen LogP contribution is 2.44. The second-order valence-corrected chi connectivity index (χ2v) is 7.74. The summed E-state index contributed by atoms with van der Waals surface area (Å²) < 4.78 is 10.4. The predicted molar refractivity (Wildman–Crippen MR) is 126 cm³/mol. The molecule has 2 aromatic carbocycles. The SMILES string of the molecule is C=CCOC(=O)C[C@H](CC(=O)O/N=C(/C)N)NC(=O)OCC1c2ccccc2-c2ccccc21. The van der Waals surface area contributed by atoms with Gasteiger partial charge in [-0.3, -0.25) is 4.79 Å². The lowest BCUT2D eigenvalue weighted by atomic mass is 9.98. The summed E-state index contributed by atoms with van der Waals surface area (Å²) in [6.45, 7) is 5.03. The molecule has 2 aromatic rings. The first-order valence-corrected chi connectivity index (χ1v) is 10.8. The van der Waals surface area contributed by atoms with Gasteiger partial charge in [0.1, 0.15) is 19.0 Å². The molecule has 1 aliphatic carbocycles. The molecule has 178 valence electrons. The Bertz CT molecular complexity index is 1050. The van der Waals surface area contributed by atoms with Crippen LogP contribution in [0.4, 0.5) is 4.79 Å². The van der Waals surface area contributed by atoms with E-state index in [9.17, 15) is 14.4 Å². The average Bonchev–Trinajstić information content (AvgIpc) is 3.14. The molecule has 1 amide bonds. The largest absolute Gasteiger partial charge is 0.461 e. The van der Waals surface area contributed by atoms with Crippen molar-refractivity contribution in [2.24, 2.45) is 10.9 Å². The maximum absolute atomic E-state index is 12.6. The van der Waals surface area contributed by atoms with E-state index in [1.807, 2.05) is 48.5 Å². The highest BCUT2D eigenvalue weighted by atomic mass is 16.7. The molecular formula is C25H27N3O6. The summed E-state index contributed by atoms with van der Waals surface area (Å²) in [7, 11) is 0. The molecule has 3 rings (SSSR count). The number of alkyl carbamates (subject to hydrolysis) is 1. The Kier molecular flexibility index (Phi) is 8.39. The fourth-order valence-electron chi connectivity index (χ4n) is 3.75. The minimum absolute atomic E-state index is 0.0115. The number of nitrogens with zero attached hydrogens (tertiary/aromatic N) is 1. The molecule has 0 heterocycles. The van der Waals surface area contributed by atoms with Crippen molar-refractivity contribution in [3.8, 4) is 11.1 Å². The van der Waals surface area contributed by atoms with Crippen LogP contribution in [0, 0.1) is 0 Å². The van der Waals surface area contributed by atoms with Crippen LogP contribution in [0.2, 0.25) is 0 Å². The fraction of sp³-hybridized carbons (Fsp3) is 0.280. The molecule has 34 heavy (non-hydrogen) atoms. The van der Waals surface area contributed by atoms with Gasteiger partial charge in [-0.25, -0.2) is 9.59 Å². The van der Waals surface area contributed by atoms with Crippen molar-refractivity contribution in [2.45, 2.75) is 31.7 Å². The Morgan fingerprint density at radius 3 is 2.21 bits per heavy atom. The number of nitrogens with two attached hydrogens (primary N) is 1. The highest BCUT2D eigenvalue weighted by Gasteiger charge is 2.29. The maximum Gasteiger partial charge on any atom is 0.407 e. The van der Waals surface area contributed by atoms with Crippen molar-refractivity contribution >= 4 is 23.9 Å². The van der Waals surface area contributed by atoms with E-state index in [1.165, 1.54) is 13.0 Å². The Balaban J connectivity index is 1.64. The van der Waals surface area contributed by atoms with Gasteiger partial charge in [-0.15, -0.1) is 0 Å². The van der Waals surface area contributed by atoms with Crippen LogP contribution in [0.25, 0.3) is 11.1 Å². The third-order valence-electron chi connectivity index (χ3n) is 5.15. The van der Waals surface area contributed by atoms with Gasteiger partial charge < -0.3 is 25.4 Å². The minimum Gasteiger partial charge on any atom is -0.461 e. The number of oxime groups is 1. The van der Waals surface area contributed by atoms with Crippen molar-refractivity contribution in [1.82, 2.24) is 5.32 Å². The molecule has 0 bridgehead atoms. The summed E-state index contributed by atoms with van der Waals surface area (Å²) in [5, 5.41) is 5.93. The lowest BCUT2D eigenvalue weighted by Crippen LogP contribution is -2.39. The van der Waals surface area contributed by atoms with Crippen LogP contribution in [0.3, 0.4) is 0 Å². The first-order valence-electron chi connectivity index (χ1n) is 10.8. The van der Waals surface area contributed by atoms with Gasteiger partial charge >= 0.3 is 18.0 Å². The first kappa shape index (κ1) is 24.5. The Labute approximate surface area is 197 Å². The number of carbonyl (C=O) groups is 3. The van der Waals surface area contributed by atoms with E-state index in [4.69, 9.17) is 15.2 Å². The molecule has 0 aliphatic heterocycles. The average molecular weight is 466 g/mol. The smallest absolute Gasteiger partial charge is 0.407 e. The zero-order chi connectivity index (χ0) is 24.5. The van der Waals surface area contributed by atoms with Gasteiger partial charge in [0.2, 0.25) is 0 Å². The maximum atomic E-state index is 12.6. The zero-order valence-electron chi connectivity index (χ0n) is 18.9. The standard InChI is InChI=1S/C25H27N3O6/c1-3-12-32-23(29)13-17(14-24(30)34-28-16(2)26)27-25(31)33-15-22-20-10-6-4-8-18(20)19-9-5-7-11-21(19)22/h3-11,17,22H,1,12-15H2,2H3,(H2,26,28)(H,27,31)/t17-/m1/s1. The lowest BCUT2D eigenvalue weighted by Gasteiger charge is -2.18. The van der Waals surface area contributed by atoms with Gasteiger partial charge in [-0.2, -0.15) is 0 Å². The van der Waals surface area contributed by atoms with E-state index in [0.29, 0.717) is 0 Å². The molecule has 3 N–H and O–H groups in total. The Morgan fingerprint density at radius 2 is 1.62 bits per heavy atom. The molecule has 0 radical (unpaired) electrons. The molecule has 1 aliphatic rings. The second-order valence-electron chi connectivity index (χ2n) is 7.74. The monoisotopic (exact) mass is 465 g/mol. The summed E-state index contributed by atoms with van der Waals surface area (Å²) in [6, 6.07) is 15.0. The number of carbonyl (C=O) groups excluding carboxylic acids is 3. The van der Waals surface area contributed by atoms with E-state index in [-0.39, 0.29) is 37.8 Å². The van der Waals surface area contributed by atoms with Crippen LogP contribution in [-0.2, 0) is 23.9 Å². The van der Waals surface area contributed by atoms with Crippen LogP contribution in [0.1, 0.15) is 36.8 Å². The Hall–Kier alpha value is -4.14.